The zero-order chi connectivity index (χ0) is 24.1. The van der Waals surface area contributed by atoms with Crippen LogP contribution in [-0.4, -0.2) is 72.4 Å². The molecule has 9 nitrogen and oxygen atoms in total. The number of likely N-dealkylation sites (N-methyl/N-ethyl adjacent to an activating group) is 1. The van der Waals surface area contributed by atoms with Gasteiger partial charge in [-0.1, -0.05) is 13.8 Å². The SMILES string of the molecule is CNCC(O)COc1cc(OC)cc(-c2cc(NC3CCOCC3)n3ncc(C(C)C)c3n2)c1. The van der Waals surface area contributed by atoms with E-state index >= 15 is 0 Å². The molecule has 1 atom stereocenters. The molecule has 0 radical (unpaired) electrons. The van der Waals surface area contributed by atoms with Gasteiger partial charge in [0.25, 0.3) is 0 Å². The molecule has 0 spiro atoms. The summed E-state index contributed by atoms with van der Waals surface area (Å²) in [6, 6.07) is 8.02. The van der Waals surface area contributed by atoms with Crippen LogP contribution in [0, 0.1) is 0 Å². The van der Waals surface area contributed by atoms with Gasteiger partial charge in [-0.15, -0.1) is 0 Å². The Hall–Kier alpha value is -2.88. The van der Waals surface area contributed by atoms with E-state index in [-0.39, 0.29) is 12.5 Å². The van der Waals surface area contributed by atoms with E-state index in [0.29, 0.717) is 24.1 Å². The number of methoxy groups -OCH3 is 1. The normalized spacial score (nSPS) is 15.6. The maximum absolute atomic E-state index is 10.0. The molecule has 3 N–H and O–H groups in total. The van der Waals surface area contributed by atoms with Crippen molar-refractivity contribution in [3.05, 3.63) is 36.0 Å². The highest BCUT2D eigenvalue weighted by Gasteiger charge is 2.19. The second-order valence-electron chi connectivity index (χ2n) is 8.97. The lowest BCUT2D eigenvalue weighted by atomic mass is 10.1. The van der Waals surface area contributed by atoms with Crippen LogP contribution in [0.3, 0.4) is 0 Å². The summed E-state index contributed by atoms with van der Waals surface area (Å²) in [5, 5.41) is 21.3. The van der Waals surface area contributed by atoms with E-state index in [9.17, 15) is 5.11 Å². The highest BCUT2D eigenvalue weighted by atomic mass is 16.5. The van der Waals surface area contributed by atoms with Crippen molar-refractivity contribution in [3.8, 4) is 22.8 Å². The van der Waals surface area contributed by atoms with Crippen molar-refractivity contribution in [1.29, 1.82) is 0 Å². The Kier molecular flexibility index (Phi) is 7.87. The predicted octanol–water partition coefficient (Wildman–Crippen LogP) is 3.08. The molecule has 1 saturated heterocycles. The Balaban J connectivity index is 1.73. The van der Waals surface area contributed by atoms with Crippen molar-refractivity contribution in [2.75, 3.05) is 45.8 Å². The van der Waals surface area contributed by atoms with E-state index < -0.39 is 6.10 Å². The van der Waals surface area contributed by atoms with Gasteiger partial charge in [-0.3, -0.25) is 0 Å². The molecule has 1 aromatic carbocycles. The number of nitrogens with one attached hydrogen (secondary N) is 2. The first-order valence-corrected chi connectivity index (χ1v) is 11.9. The summed E-state index contributed by atoms with van der Waals surface area (Å²) in [5.74, 6) is 2.46. The average Bonchev–Trinajstić information content (AvgIpc) is 3.28. The van der Waals surface area contributed by atoms with Crippen molar-refractivity contribution in [3.63, 3.8) is 0 Å². The molecule has 9 heteroatoms. The highest BCUT2D eigenvalue weighted by molar-refractivity contribution is 5.70. The largest absolute Gasteiger partial charge is 0.497 e. The number of benzene rings is 1. The number of anilines is 1. The van der Waals surface area contributed by atoms with Crippen LogP contribution in [0.4, 0.5) is 5.82 Å². The summed E-state index contributed by atoms with van der Waals surface area (Å²) in [6.07, 6.45) is 3.19. The number of hydrogen-bond donors (Lipinski definition) is 3. The molecule has 1 fully saturated rings. The number of fused-ring (bicyclic) bond motifs is 1. The summed E-state index contributed by atoms with van der Waals surface area (Å²) in [6.45, 7) is 6.43. The molecule has 0 saturated carbocycles. The number of rotatable bonds is 10. The molecule has 1 unspecified atom stereocenters. The first-order valence-electron chi connectivity index (χ1n) is 11.9. The second kappa shape index (κ2) is 11.0. The number of aromatic nitrogens is 3. The fourth-order valence-electron chi connectivity index (χ4n) is 4.10. The molecule has 2 aromatic heterocycles. The maximum atomic E-state index is 10.0. The molecule has 4 rings (SSSR count). The molecule has 1 aliphatic rings. The van der Waals surface area contributed by atoms with Gasteiger partial charge in [0.1, 0.15) is 30.0 Å². The lowest BCUT2D eigenvalue weighted by Gasteiger charge is -2.24. The Morgan fingerprint density at radius 1 is 1.18 bits per heavy atom. The third-order valence-corrected chi connectivity index (χ3v) is 5.99. The van der Waals surface area contributed by atoms with E-state index in [1.165, 1.54) is 0 Å². The standard InChI is InChI=1S/C25H35N5O4/c1-16(2)22-14-27-30-24(28-18-5-7-33-8-6-18)12-23(29-25(22)30)17-9-20(32-4)11-21(10-17)34-15-19(31)13-26-3/h9-12,14,16,18-19,26,28,31H,5-8,13,15H2,1-4H3. The topological polar surface area (TPSA) is 102 Å². The van der Waals surface area contributed by atoms with Crippen LogP contribution in [0.15, 0.2) is 30.5 Å². The van der Waals surface area contributed by atoms with Crippen LogP contribution in [0.1, 0.15) is 38.2 Å². The minimum absolute atomic E-state index is 0.177. The molecule has 3 heterocycles. The fraction of sp³-hybridized carbons (Fsp3) is 0.520. The Labute approximate surface area is 200 Å². The number of hydrogen-bond acceptors (Lipinski definition) is 8. The van der Waals surface area contributed by atoms with Crippen LogP contribution in [0.25, 0.3) is 16.9 Å². The molecule has 3 aromatic rings. The Morgan fingerprint density at radius 2 is 1.94 bits per heavy atom. The zero-order valence-corrected chi connectivity index (χ0v) is 20.4. The van der Waals surface area contributed by atoms with E-state index in [1.54, 1.807) is 14.2 Å². The third-order valence-electron chi connectivity index (χ3n) is 5.99. The summed E-state index contributed by atoms with van der Waals surface area (Å²) >= 11 is 0. The van der Waals surface area contributed by atoms with Gasteiger partial charge in [0.2, 0.25) is 0 Å². The van der Waals surface area contributed by atoms with Crippen LogP contribution >= 0.6 is 0 Å². The molecular formula is C25H35N5O4. The summed E-state index contributed by atoms with van der Waals surface area (Å²) < 4.78 is 18.8. The van der Waals surface area contributed by atoms with Crippen molar-refractivity contribution in [2.45, 2.75) is 44.8 Å². The fourth-order valence-corrected chi connectivity index (χ4v) is 4.10. The van der Waals surface area contributed by atoms with Gasteiger partial charge in [-0.25, -0.2) is 4.98 Å². The van der Waals surface area contributed by atoms with Gasteiger partial charge in [-0.05, 0) is 37.9 Å². The van der Waals surface area contributed by atoms with Gasteiger partial charge in [0.15, 0.2) is 5.65 Å². The molecule has 0 amide bonds. The molecule has 1 aliphatic heterocycles. The summed E-state index contributed by atoms with van der Waals surface area (Å²) in [5.41, 5.74) is 3.58. The van der Waals surface area contributed by atoms with Crippen molar-refractivity contribution in [1.82, 2.24) is 19.9 Å². The van der Waals surface area contributed by atoms with E-state index in [1.807, 2.05) is 35.0 Å². The van der Waals surface area contributed by atoms with Gasteiger partial charge >= 0.3 is 0 Å². The van der Waals surface area contributed by atoms with Gasteiger partial charge in [0, 0.05) is 49.1 Å². The number of nitrogens with zero attached hydrogens (tertiary/aromatic N) is 3. The van der Waals surface area contributed by atoms with E-state index in [2.05, 4.69) is 29.6 Å². The third kappa shape index (κ3) is 5.60. The first kappa shape index (κ1) is 24.3. The quantitative estimate of drug-likeness (QED) is 0.416. The van der Waals surface area contributed by atoms with E-state index in [0.717, 1.165) is 54.3 Å². The summed E-state index contributed by atoms with van der Waals surface area (Å²) in [4.78, 5) is 4.99. The number of ether oxygens (including phenoxy) is 3. The monoisotopic (exact) mass is 469 g/mol. The average molecular weight is 470 g/mol. The minimum atomic E-state index is -0.607. The number of aliphatic hydroxyl groups is 1. The van der Waals surface area contributed by atoms with Crippen molar-refractivity contribution < 1.29 is 19.3 Å². The number of aliphatic hydroxyl groups excluding tert-OH is 1. The van der Waals surface area contributed by atoms with Crippen LogP contribution < -0.4 is 20.1 Å². The lowest BCUT2D eigenvalue weighted by molar-refractivity contribution is 0.0903. The molecule has 0 bridgehead atoms. The molecule has 0 aliphatic carbocycles. The first-order chi connectivity index (χ1) is 16.5. The second-order valence-corrected chi connectivity index (χ2v) is 8.97. The zero-order valence-electron chi connectivity index (χ0n) is 20.4. The predicted molar refractivity (Wildman–Crippen MR) is 132 cm³/mol. The summed E-state index contributed by atoms with van der Waals surface area (Å²) in [7, 11) is 3.42. The van der Waals surface area contributed by atoms with Crippen molar-refractivity contribution in [2.24, 2.45) is 0 Å². The van der Waals surface area contributed by atoms with Gasteiger partial charge in [-0.2, -0.15) is 9.61 Å². The highest BCUT2D eigenvalue weighted by Crippen LogP contribution is 2.32. The smallest absolute Gasteiger partial charge is 0.161 e. The molecule has 34 heavy (non-hydrogen) atoms. The van der Waals surface area contributed by atoms with Crippen molar-refractivity contribution >= 4 is 11.5 Å². The Bertz CT molecular complexity index is 1090. The Morgan fingerprint density at radius 3 is 2.65 bits per heavy atom. The van der Waals surface area contributed by atoms with E-state index in [4.69, 9.17) is 19.2 Å². The van der Waals surface area contributed by atoms with Crippen LogP contribution in [0.5, 0.6) is 11.5 Å². The lowest BCUT2D eigenvalue weighted by Crippen LogP contribution is -2.29. The van der Waals surface area contributed by atoms with Gasteiger partial charge in [0.05, 0.1) is 19.0 Å². The molecule has 184 valence electrons. The van der Waals surface area contributed by atoms with Crippen LogP contribution in [-0.2, 0) is 4.74 Å². The molecular weight excluding hydrogens is 434 g/mol. The minimum Gasteiger partial charge on any atom is -0.497 e. The maximum Gasteiger partial charge on any atom is 0.161 e. The van der Waals surface area contributed by atoms with Gasteiger partial charge < -0.3 is 30.0 Å². The van der Waals surface area contributed by atoms with Crippen LogP contribution in [0.2, 0.25) is 0 Å².